The second kappa shape index (κ2) is 5.13. The number of nitriles is 1. The van der Waals surface area contributed by atoms with Gasteiger partial charge in [0.05, 0.1) is 0 Å². The molecule has 2 atom stereocenters. The molecule has 0 aliphatic heterocycles. The topological polar surface area (TPSA) is 58.8 Å². The Kier molecular flexibility index (Phi) is 3.58. The average Bonchev–Trinajstić information content (AvgIpc) is 2.28. The molecular weight excluding hydrogens is 214 g/mol. The number of hydrogen-bond acceptors (Lipinski definition) is 4. The molecule has 1 heterocycles. The van der Waals surface area contributed by atoms with Gasteiger partial charge in [0.15, 0.2) is 0 Å². The Morgan fingerprint density at radius 2 is 2.00 bits per heavy atom. The van der Waals surface area contributed by atoms with Crippen LogP contribution in [-0.4, -0.2) is 16.1 Å². The van der Waals surface area contributed by atoms with Crippen molar-refractivity contribution >= 4 is 0 Å². The molecule has 2 rings (SSSR count). The molecule has 0 saturated heterocycles. The second-order valence-corrected chi connectivity index (χ2v) is 4.99. The van der Waals surface area contributed by atoms with Gasteiger partial charge in [0.2, 0.25) is 0 Å². The van der Waals surface area contributed by atoms with Gasteiger partial charge in [0.25, 0.3) is 0 Å². The highest BCUT2D eigenvalue weighted by molar-refractivity contribution is 5.19. The molecule has 1 saturated carbocycles. The fourth-order valence-electron chi connectivity index (χ4n) is 2.58. The Bertz CT molecular complexity index is 417. The van der Waals surface area contributed by atoms with Crippen molar-refractivity contribution in [2.24, 2.45) is 11.8 Å². The number of hydrogen-bond donors (Lipinski definition) is 0. The Morgan fingerprint density at radius 1 is 1.29 bits per heavy atom. The summed E-state index contributed by atoms with van der Waals surface area (Å²) >= 11 is 0. The van der Waals surface area contributed by atoms with Crippen LogP contribution in [-0.2, 0) is 0 Å². The van der Waals surface area contributed by atoms with Crippen molar-refractivity contribution in [3.8, 4) is 12.1 Å². The largest absolute Gasteiger partial charge is 0.460 e. The monoisotopic (exact) mass is 231 g/mol. The molecule has 1 aliphatic rings. The fourth-order valence-corrected chi connectivity index (χ4v) is 2.58. The smallest absolute Gasteiger partial charge is 0.317 e. The van der Waals surface area contributed by atoms with Gasteiger partial charge < -0.3 is 4.74 Å². The van der Waals surface area contributed by atoms with Gasteiger partial charge in [0.1, 0.15) is 17.9 Å². The van der Waals surface area contributed by atoms with Crippen LogP contribution in [0.4, 0.5) is 0 Å². The van der Waals surface area contributed by atoms with Gasteiger partial charge in [-0.25, -0.2) is 4.98 Å². The summed E-state index contributed by atoms with van der Waals surface area (Å²) in [6.07, 6.45) is 5.10. The van der Waals surface area contributed by atoms with E-state index in [9.17, 15) is 0 Å². The Hall–Kier alpha value is -1.63. The molecule has 4 nitrogen and oxygen atoms in total. The van der Waals surface area contributed by atoms with Gasteiger partial charge in [-0.15, -0.1) is 0 Å². The van der Waals surface area contributed by atoms with Gasteiger partial charge >= 0.3 is 6.01 Å². The Balaban J connectivity index is 2.02. The Morgan fingerprint density at radius 3 is 2.65 bits per heavy atom. The lowest BCUT2D eigenvalue weighted by Gasteiger charge is -2.30. The summed E-state index contributed by atoms with van der Waals surface area (Å²) < 4.78 is 5.77. The predicted molar refractivity (Wildman–Crippen MR) is 63.3 cm³/mol. The van der Waals surface area contributed by atoms with Crippen LogP contribution in [0.5, 0.6) is 6.01 Å². The third kappa shape index (κ3) is 3.16. The van der Waals surface area contributed by atoms with E-state index in [1.165, 1.54) is 6.42 Å². The molecule has 0 bridgehead atoms. The van der Waals surface area contributed by atoms with Crippen molar-refractivity contribution in [1.82, 2.24) is 9.97 Å². The molecule has 4 heteroatoms. The van der Waals surface area contributed by atoms with Crippen LogP contribution in [0.1, 0.15) is 38.8 Å². The summed E-state index contributed by atoms with van der Waals surface area (Å²) in [6.45, 7) is 4.50. The van der Waals surface area contributed by atoms with Gasteiger partial charge in [0, 0.05) is 6.20 Å². The highest BCUT2D eigenvalue weighted by Crippen LogP contribution is 2.30. The minimum atomic E-state index is 0.183. The number of ether oxygens (including phenoxy) is 1. The van der Waals surface area contributed by atoms with Crippen LogP contribution < -0.4 is 4.74 Å². The molecule has 2 unspecified atom stereocenters. The zero-order valence-electron chi connectivity index (χ0n) is 10.3. The second-order valence-electron chi connectivity index (χ2n) is 4.99. The van der Waals surface area contributed by atoms with Crippen LogP contribution in [0.2, 0.25) is 0 Å². The van der Waals surface area contributed by atoms with E-state index in [2.05, 4.69) is 23.8 Å². The summed E-state index contributed by atoms with van der Waals surface area (Å²) in [5.41, 5.74) is 0.354. The first-order valence-electron chi connectivity index (χ1n) is 6.07. The first-order valence-corrected chi connectivity index (χ1v) is 6.07. The SMILES string of the molecule is CC1CC(C)CC(Oc2nccc(C#N)n2)C1. The van der Waals surface area contributed by atoms with E-state index in [0.717, 1.165) is 12.8 Å². The van der Waals surface area contributed by atoms with Crippen LogP contribution >= 0.6 is 0 Å². The van der Waals surface area contributed by atoms with Crippen molar-refractivity contribution in [1.29, 1.82) is 5.26 Å². The van der Waals surface area contributed by atoms with E-state index in [0.29, 0.717) is 23.5 Å². The normalized spacial score (nSPS) is 28.4. The van der Waals surface area contributed by atoms with Gasteiger partial charge in [-0.05, 0) is 37.2 Å². The average molecular weight is 231 g/mol. The first-order chi connectivity index (χ1) is 8.17. The minimum absolute atomic E-state index is 0.183. The van der Waals surface area contributed by atoms with Crippen LogP contribution in [0.25, 0.3) is 0 Å². The number of rotatable bonds is 2. The summed E-state index contributed by atoms with van der Waals surface area (Å²) in [5.74, 6) is 1.37. The van der Waals surface area contributed by atoms with Crippen LogP contribution in [0.3, 0.4) is 0 Å². The molecule has 1 aliphatic carbocycles. The summed E-state index contributed by atoms with van der Waals surface area (Å²) in [4.78, 5) is 8.09. The minimum Gasteiger partial charge on any atom is -0.460 e. The molecule has 1 aromatic rings. The van der Waals surface area contributed by atoms with E-state index in [1.54, 1.807) is 12.3 Å². The highest BCUT2D eigenvalue weighted by Gasteiger charge is 2.25. The van der Waals surface area contributed by atoms with E-state index in [-0.39, 0.29) is 6.10 Å². The van der Waals surface area contributed by atoms with Gasteiger partial charge in [-0.1, -0.05) is 13.8 Å². The molecule has 0 spiro atoms. The van der Waals surface area contributed by atoms with Gasteiger partial charge in [-0.3, -0.25) is 0 Å². The molecular formula is C13H17N3O. The molecule has 0 amide bonds. The maximum Gasteiger partial charge on any atom is 0.317 e. The number of nitrogens with zero attached hydrogens (tertiary/aromatic N) is 3. The lowest BCUT2D eigenvalue weighted by Crippen LogP contribution is -2.29. The zero-order valence-corrected chi connectivity index (χ0v) is 10.3. The first kappa shape index (κ1) is 11.8. The molecule has 1 aromatic heterocycles. The van der Waals surface area contributed by atoms with E-state index < -0.39 is 0 Å². The van der Waals surface area contributed by atoms with Crippen LogP contribution in [0.15, 0.2) is 12.3 Å². The van der Waals surface area contributed by atoms with E-state index >= 15 is 0 Å². The predicted octanol–water partition coefficient (Wildman–Crippen LogP) is 2.55. The molecule has 0 aromatic carbocycles. The number of aromatic nitrogens is 2. The highest BCUT2D eigenvalue weighted by atomic mass is 16.5. The van der Waals surface area contributed by atoms with Crippen molar-refractivity contribution in [2.75, 3.05) is 0 Å². The summed E-state index contributed by atoms with van der Waals surface area (Å²) in [6, 6.07) is 3.90. The third-order valence-corrected chi connectivity index (χ3v) is 3.16. The lowest BCUT2D eigenvalue weighted by molar-refractivity contribution is 0.0919. The fraction of sp³-hybridized carbons (Fsp3) is 0.615. The summed E-state index contributed by atoms with van der Waals surface area (Å²) in [5, 5.41) is 8.76. The van der Waals surface area contributed by atoms with Crippen molar-refractivity contribution in [3.63, 3.8) is 0 Å². The Labute approximate surface area is 102 Å². The van der Waals surface area contributed by atoms with Crippen LogP contribution in [0, 0.1) is 23.2 Å². The lowest BCUT2D eigenvalue weighted by atomic mass is 9.82. The van der Waals surface area contributed by atoms with Crippen molar-refractivity contribution < 1.29 is 4.74 Å². The molecule has 1 fully saturated rings. The van der Waals surface area contributed by atoms with E-state index in [1.807, 2.05) is 6.07 Å². The maximum absolute atomic E-state index is 8.76. The molecule has 0 radical (unpaired) electrons. The van der Waals surface area contributed by atoms with Crippen molar-refractivity contribution in [3.05, 3.63) is 18.0 Å². The zero-order chi connectivity index (χ0) is 12.3. The maximum atomic E-state index is 8.76. The quantitative estimate of drug-likeness (QED) is 0.784. The molecule has 17 heavy (non-hydrogen) atoms. The molecule has 0 N–H and O–H groups in total. The van der Waals surface area contributed by atoms with Gasteiger partial charge in [-0.2, -0.15) is 10.2 Å². The van der Waals surface area contributed by atoms with E-state index in [4.69, 9.17) is 10.00 Å². The van der Waals surface area contributed by atoms with Crippen molar-refractivity contribution in [2.45, 2.75) is 39.2 Å². The standard InChI is InChI=1S/C13H17N3O/c1-9-5-10(2)7-12(6-9)17-13-15-4-3-11(8-14)16-13/h3-4,9-10,12H,5-7H2,1-2H3. The third-order valence-electron chi connectivity index (χ3n) is 3.16. The summed E-state index contributed by atoms with van der Waals surface area (Å²) in [7, 11) is 0. The molecule has 90 valence electrons.